The Morgan fingerprint density at radius 1 is 1.57 bits per heavy atom. The molecule has 0 aliphatic carbocycles. The maximum atomic E-state index is 11.0. The number of hydrogen-bond donors (Lipinski definition) is 1. The lowest BCUT2D eigenvalue weighted by atomic mass is 10.1. The molecule has 0 bridgehead atoms. The number of carbonyl (C=O) groups is 1. The summed E-state index contributed by atoms with van der Waals surface area (Å²) in [5.74, 6) is 0.281. The van der Waals surface area contributed by atoms with Crippen molar-refractivity contribution in [2.75, 3.05) is 13.7 Å². The molecule has 14 heavy (non-hydrogen) atoms. The minimum absolute atomic E-state index is 0.0980. The number of hydrogen-bond acceptors (Lipinski definition) is 3. The van der Waals surface area contributed by atoms with Crippen LogP contribution in [0.2, 0.25) is 0 Å². The number of methoxy groups -OCH3 is 1. The zero-order valence-electron chi connectivity index (χ0n) is 8.99. The van der Waals surface area contributed by atoms with Crippen molar-refractivity contribution < 1.29 is 9.53 Å². The molecule has 0 unspecified atom stereocenters. The number of amidine groups is 1. The van der Waals surface area contributed by atoms with Crippen LogP contribution in [0.3, 0.4) is 0 Å². The van der Waals surface area contributed by atoms with Crippen LogP contribution in [-0.2, 0) is 9.53 Å². The highest BCUT2D eigenvalue weighted by Crippen LogP contribution is 2.04. The van der Waals surface area contributed by atoms with E-state index in [0.717, 1.165) is 0 Å². The van der Waals surface area contributed by atoms with Crippen LogP contribution >= 0.6 is 0 Å². The summed E-state index contributed by atoms with van der Waals surface area (Å²) in [4.78, 5) is 15.0. The summed E-state index contributed by atoms with van der Waals surface area (Å²) in [7, 11) is 1.39. The largest absolute Gasteiger partial charge is 0.469 e. The fourth-order valence-electron chi connectivity index (χ4n) is 0.869. The molecule has 4 heteroatoms. The number of carbonyl (C=O) groups excluding carboxylic acids is 1. The molecule has 0 radical (unpaired) electrons. The van der Waals surface area contributed by atoms with Gasteiger partial charge in [-0.1, -0.05) is 19.1 Å². The van der Waals surface area contributed by atoms with Crippen molar-refractivity contribution in [3.05, 3.63) is 12.2 Å². The van der Waals surface area contributed by atoms with E-state index in [-0.39, 0.29) is 11.9 Å². The fourth-order valence-corrected chi connectivity index (χ4v) is 0.869. The lowest BCUT2D eigenvalue weighted by Gasteiger charge is -2.04. The van der Waals surface area contributed by atoms with Crippen LogP contribution in [0.15, 0.2) is 17.1 Å². The van der Waals surface area contributed by atoms with Crippen LogP contribution in [0.4, 0.5) is 0 Å². The van der Waals surface area contributed by atoms with Gasteiger partial charge in [0.25, 0.3) is 0 Å². The minimum atomic E-state index is -0.187. The summed E-state index contributed by atoms with van der Waals surface area (Å²) in [6, 6.07) is 0. The second-order valence-electron chi connectivity index (χ2n) is 3.11. The molecule has 80 valence electrons. The number of rotatable bonds is 5. The molecule has 0 aliphatic rings. The van der Waals surface area contributed by atoms with Crippen molar-refractivity contribution in [1.29, 1.82) is 0 Å². The maximum absolute atomic E-state index is 11.0. The number of aliphatic imine (C=N–C) groups is 1. The van der Waals surface area contributed by atoms with Gasteiger partial charge in [0.15, 0.2) is 0 Å². The van der Waals surface area contributed by atoms with E-state index in [2.05, 4.69) is 9.73 Å². The Balaban J connectivity index is 3.71. The number of ether oxygens (including phenoxy) is 1. The summed E-state index contributed by atoms with van der Waals surface area (Å²) >= 11 is 0. The molecule has 0 spiro atoms. The summed E-state index contributed by atoms with van der Waals surface area (Å²) in [5.41, 5.74) is 5.35. The van der Waals surface area contributed by atoms with E-state index in [9.17, 15) is 4.79 Å². The summed E-state index contributed by atoms with van der Waals surface area (Å²) in [6.07, 6.45) is 4.47. The second kappa shape index (κ2) is 7.12. The SMILES string of the molecule is COC(=O)[C@H](C)C/C=C/CN=C(C)N. The third kappa shape index (κ3) is 6.22. The number of nitrogens with zero attached hydrogens (tertiary/aromatic N) is 1. The standard InChI is InChI=1S/C10H18N2O2/c1-8(10(13)14-3)6-4-5-7-12-9(2)11/h4-5,8H,6-7H2,1-3H3,(H2,11,12)/b5-4+/t8-/m1/s1. The first-order valence-electron chi connectivity index (χ1n) is 4.57. The fraction of sp³-hybridized carbons (Fsp3) is 0.600. The van der Waals surface area contributed by atoms with E-state index in [4.69, 9.17) is 5.73 Å². The number of allylic oxidation sites excluding steroid dienone is 1. The van der Waals surface area contributed by atoms with Crippen molar-refractivity contribution in [2.45, 2.75) is 20.3 Å². The molecule has 2 N–H and O–H groups in total. The maximum Gasteiger partial charge on any atom is 0.308 e. The van der Waals surface area contributed by atoms with Gasteiger partial charge < -0.3 is 10.5 Å². The molecule has 0 saturated heterocycles. The first-order valence-corrected chi connectivity index (χ1v) is 4.57. The van der Waals surface area contributed by atoms with Crippen LogP contribution in [0.25, 0.3) is 0 Å². The molecule has 0 fully saturated rings. The van der Waals surface area contributed by atoms with Crippen LogP contribution in [-0.4, -0.2) is 25.5 Å². The van der Waals surface area contributed by atoms with Crippen molar-refractivity contribution in [1.82, 2.24) is 0 Å². The Morgan fingerprint density at radius 3 is 2.71 bits per heavy atom. The first-order chi connectivity index (χ1) is 6.57. The van der Waals surface area contributed by atoms with E-state index < -0.39 is 0 Å². The Morgan fingerprint density at radius 2 is 2.21 bits per heavy atom. The van der Waals surface area contributed by atoms with Gasteiger partial charge in [-0.25, -0.2) is 0 Å². The van der Waals surface area contributed by atoms with Crippen LogP contribution < -0.4 is 5.73 Å². The van der Waals surface area contributed by atoms with E-state index in [1.54, 1.807) is 6.92 Å². The van der Waals surface area contributed by atoms with E-state index >= 15 is 0 Å². The Labute approximate surface area is 84.8 Å². The lowest BCUT2D eigenvalue weighted by molar-refractivity contribution is -0.144. The normalized spacial score (nSPS) is 14.4. The predicted octanol–water partition coefficient (Wildman–Crippen LogP) is 1.12. The van der Waals surface area contributed by atoms with Crippen molar-refractivity contribution in [3.8, 4) is 0 Å². The molecule has 0 amide bonds. The minimum Gasteiger partial charge on any atom is -0.469 e. The smallest absolute Gasteiger partial charge is 0.308 e. The summed E-state index contributed by atoms with van der Waals surface area (Å²) < 4.78 is 4.59. The number of esters is 1. The number of nitrogens with two attached hydrogens (primary N) is 1. The lowest BCUT2D eigenvalue weighted by Crippen LogP contribution is -2.11. The topological polar surface area (TPSA) is 64.7 Å². The molecular formula is C10H18N2O2. The van der Waals surface area contributed by atoms with Gasteiger partial charge in [0.05, 0.1) is 25.4 Å². The van der Waals surface area contributed by atoms with E-state index in [1.807, 2.05) is 19.1 Å². The van der Waals surface area contributed by atoms with Gasteiger partial charge in [0.2, 0.25) is 0 Å². The predicted molar refractivity (Wildman–Crippen MR) is 57.1 cm³/mol. The molecule has 0 aromatic heterocycles. The molecular weight excluding hydrogens is 180 g/mol. The van der Waals surface area contributed by atoms with Crippen LogP contribution in [0.5, 0.6) is 0 Å². The van der Waals surface area contributed by atoms with Gasteiger partial charge in [-0.15, -0.1) is 0 Å². The van der Waals surface area contributed by atoms with Crippen LogP contribution in [0.1, 0.15) is 20.3 Å². The Bertz CT molecular complexity index is 230. The van der Waals surface area contributed by atoms with Crippen molar-refractivity contribution >= 4 is 11.8 Å². The van der Waals surface area contributed by atoms with E-state index in [0.29, 0.717) is 18.8 Å². The van der Waals surface area contributed by atoms with Gasteiger partial charge in [0.1, 0.15) is 0 Å². The van der Waals surface area contributed by atoms with Gasteiger partial charge in [-0.3, -0.25) is 9.79 Å². The molecule has 4 nitrogen and oxygen atoms in total. The molecule has 0 saturated carbocycles. The highest BCUT2D eigenvalue weighted by molar-refractivity contribution is 5.77. The third-order valence-corrected chi connectivity index (χ3v) is 1.71. The van der Waals surface area contributed by atoms with Crippen LogP contribution in [0, 0.1) is 5.92 Å². The monoisotopic (exact) mass is 198 g/mol. The van der Waals surface area contributed by atoms with Gasteiger partial charge in [0, 0.05) is 0 Å². The first kappa shape index (κ1) is 12.7. The van der Waals surface area contributed by atoms with Crippen molar-refractivity contribution in [2.24, 2.45) is 16.6 Å². The zero-order valence-corrected chi connectivity index (χ0v) is 8.99. The Kier molecular flexibility index (Phi) is 6.45. The van der Waals surface area contributed by atoms with Gasteiger partial charge in [-0.2, -0.15) is 0 Å². The van der Waals surface area contributed by atoms with Crippen molar-refractivity contribution in [3.63, 3.8) is 0 Å². The summed E-state index contributed by atoms with van der Waals surface area (Å²) in [6.45, 7) is 4.13. The Hall–Kier alpha value is -1.32. The van der Waals surface area contributed by atoms with Gasteiger partial charge in [-0.05, 0) is 13.3 Å². The zero-order chi connectivity index (χ0) is 11.0. The second-order valence-corrected chi connectivity index (χ2v) is 3.11. The molecule has 0 aromatic carbocycles. The van der Waals surface area contributed by atoms with Gasteiger partial charge >= 0.3 is 5.97 Å². The molecule has 0 heterocycles. The average Bonchev–Trinajstić information content (AvgIpc) is 2.15. The highest BCUT2D eigenvalue weighted by atomic mass is 16.5. The van der Waals surface area contributed by atoms with E-state index in [1.165, 1.54) is 7.11 Å². The highest BCUT2D eigenvalue weighted by Gasteiger charge is 2.09. The molecule has 0 aliphatic heterocycles. The molecule has 0 aromatic rings. The molecule has 1 atom stereocenters. The molecule has 0 rings (SSSR count). The average molecular weight is 198 g/mol. The summed E-state index contributed by atoms with van der Waals surface area (Å²) in [5, 5.41) is 0. The third-order valence-electron chi connectivity index (χ3n) is 1.71. The quantitative estimate of drug-likeness (QED) is 0.311.